The van der Waals surface area contributed by atoms with Crippen molar-refractivity contribution in [3.05, 3.63) is 0 Å². The molecule has 6 heteroatoms. The zero-order valence-corrected chi connectivity index (χ0v) is 13.4. The van der Waals surface area contributed by atoms with Gasteiger partial charge in [0.15, 0.2) is 0 Å². The highest BCUT2D eigenvalue weighted by Crippen LogP contribution is 2.45. The number of rotatable bonds is 5. The van der Waals surface area contributed by atoms with Gasteiger partial charge in [0.05, 0.1) is 0 Å². The quantitative estimate of drug-likeness (QED) is 0.621. The van der Waals surface area contributed by atoms with Gasteiger partial charge in [-0.05, 0) is 30.1 Å². The minimum atomic E-state index is -1.14. The van der Waals surface area contributed by atoms with E-state index in [1.165, 1.54) is 0 Å². The van der Waals surface area contributed by atoms with Crippen LogP contribution in [0.5, 0.6) is 0 Å². The van der Waals surface area contributed by atoms with Crippen LogP contribution in [0.1, 0.15) is 53.4 Å². The van der Waals surface area contributed by atoms with Gasteiger partial charge in [0.2, 0.25) is 0 Å². The number of nitrogens with one attached hydrogen (secondary N) is 2. The van der Waals surface area contributed by atoms with Crippen LogP contribution >= 0.6 is 0 Å². The maximum atomic E-state index is 12.0. The molecule has 0 aromatic carbocycles. The highest BCUT2D eigenvalue weighted by molar-refractivity contribution is 5.82. The molecule has 4 N–H and O–H groups in total. The van der Waals surface area contributed by atoms with Gasteiger partial charge in [-0.3, -0.25) is 0 Å². The second-order valence-electron chi connectivity index (χ2n) is 7.63. The summed E-state index contributed by atoms with van der Waals surface area (Å²) in [5.41, 5.74) is 0.300. The molecule has 0 aromatic heterocycles. The highest BCUT2D eigenvalue weighted by atomic mass is 16.4. The van der Waals surface area contributed by atoms with Crippen molar-refractivity contribution in [3.63, 3.8) is 0 Å². The van der Waals surface area contributed by atoms with Crippen molar-refractivity contribution in [1.82, 2.24) is 10.6 Å². The van der Waals surface area contributed by atoms with E-state index in [1.54, 1.807) is 0 Å². The van der Waals surface area contributed by atoms with Crippen molar-refractivity contribution in [2.24, 2.45) is 10.8 Å². The lowest BCUT2D eigenvalue weighted by atomic mass is 9.63. The Balaban J connectivity index is 2.59. The third-order valence-corrected chi connectivity index (χ3v) is 3.91. The van der Waals surface area contributed by atoms with E-state index in [1.807, 2.05) is 0 Å². The maximum absolute atomic E-state index is 12.0. The van der Waals surface area contributed by atoms with E-state index < -0.39 is 18.0 Å². The van der Waals surface area contributed by atoms with Crippen LogP contribution in [0.25, 0.3) is 0 Å². The molecule has 122 valence electrons. The van der Waals surface area contributed by atoms with Crippen molar-refractivity contribution >= 4 is 12.0 Å². The molecule has 1 fully saturated rings. The highest BCUT2D eigenvalue weighted by Gasteiger charge is 2.39. The van der Waals surface area contributed by atoms with Crippen LogP contribution < -0.4 is 10.6 Å². The number of carbonyl (C=O) groups excluding carboxylic acids is 1. The summed E-state index contributed by atoms with van der Waals surface area (Å²) in [7, 11) is 0. The maximum Gasteiger partial charge on any atom is 0.326 e. The Morgan fingerprint density at radius 3 is 2.14 bits per heavy atom. The molecule has 1 rings (SSSR count). The van der Waals surface area contributed by atoms with E-state index in [4.69, 9.17) is 10.2 Å². The van der Waals surface area contributed by atoms with Gasteiger partial charge in [-0.15, -0.1) is 0 Å². The molecule has 0 radical (unpaired) electrons. The van der Waals surface area contributed by atoms with E-state index in [9.17, 15) is 9.59 Å². The number of carboxylic acid groups (broad SMARTS) is 1. The average molecular weight is 300 g/mol. The predicted molar refractivity (Wildman–Crippen MR) is 80.0 cm³/mol. The van der Waals surface area contributed by atoms with E-state index in [2.05, 4.69) is 38.3 Å². The fraction of sp³-hybridized carbons (Fsp3) is 0.867. The number of carbonyl (C=O) groups is 2. The molecule has 1 unspecified atom stereocenters. The van der Waals surface area contributed by atoms with E-state index in [0.717, 1.165) is 19.3 Å². The van der Waals surface area contributed by atoms with E-state index >= 15 is 0 Å². The van der Waals surface area contributed by atoms with Gasteiger partial charge in [-0.1, -0.05) is 27.7 Å². The molecule has 21 heavy (non-hydrogen) atoms. The summed E-state index contributed by atoms with van der Waals surface area (Å²) in [4.78, 5) is 22.9. The van der Waals surface area contributed by atoms with Gasteiger partial charge in [-0.25, -0.2) is 9.59 Å². The van der Waals surface area contributed by atoms with Gasteiger partial charge in [0.1, 0.15) is 6.04 Å². The van der Waals surface area contributed by atoms with Crippen molar-refractivity contribution in [3.8, 4) is 0 Å². The first-order valence-corrected chi connectivity index (χ1v) is 7.45. The van der Waals surface area contributed by atoms with Gasteiger partial charge >= 0.3 is 12.0 Å². The monoisotopic (exact) mass is 300 g/mol. The fourth-order valence-corrected chi connectivity index (χ4v) is 3.72. The molecule has 0 spiro atoms. The lowest BCUT2D eigenvalue weighted by Crippen LogP contribution is -2.52. The van der Waals surface area contributed by atoms with Crippen LogP contribution in [0.15, 0.2) is 0 Å². The van der Waals surface area contributed by atoms with Crippen LogP contribution in [0.3, 0.4) is 0 Å². The van der Waals surface area contributed by atoms with Crippen molar-refractivity contribution < 1.29 is 19.8 Å². The van der Waals surface area contributed by atoms with Crippen molar-refractivity contribution in [2.75, 3.05) is 6.61 Å². The van der Waals surface area contributed by atoms with Gasteiger partial charge in [-0.2, -0.15) is 0 Å². The summed E-state index contributed by atoms with van der Waals surface area (Å²) in [6.45, 7) is 8.47. The normalized spacial score (nSPS) is 22.3. The Hall–Kier alpha value is -1.30. The van der Waals surface area contributed by atoms with Crippen molar-refractivity contribution in [2.45, 2.75) is 65.5 Å². The van der Waals surface area contributed by atoms with E-state index in [0.29, 0.717) is 0 Å². The fourth-order valence-electron chi connectivity index (χ4n) is 3.72. The number of aliphatic hydroxyl groups excluding tert-OH is 1. The average Bonchev–Trinajstić information content (AvgIpc) is 2.23. The van der Waals surface area contributed by atoms with Crippen LogP contribution in [-0.4, -0.2) is 40.9 Å². The molecule has 0 aliphatic heterocycles. The minimum absolute atomic E-state index is 0.00437. The molecule has 1 atom stereocenters. The Morgan fingerprint density at radius 2 is 1.71 bits per heavy atom. The Bertz CT molecular complexity index is 377. The van der Waals surface area contributed by atoms with Crippen LogP contribution in [0.4, 0.5) is 4.79 Å². The summed E-state index contributed by atoms with van der Waals surface area (Å²) in [6, 6.07) is -1.50. The third-order valence-electron chi connectivity index (χ3n) is 3.91. The summed E-state index contributed by atoms with van der Waals surface area (Å²) in [5.74, 6) is -1.14. The molecule has 0 heterocycles. The molecular formula is C15H28N2O4. The predicted octanol–water partition coefficient (Wildman–Crippen LogP) is 1.73. The molecule has 1 saturated carbocycles. The molecule has 0 bridgehead atoms. The number of carboxylic acids is 1. The zero-order valence-electron chi connectivity index (χ0n) is 13.4. The van der Waals surface area contributed by atoms with Gasteiger partial charge < -0.3 is 20.8 Å². The number of amides is 2. The first-order chi connectivity index (χ1) is 9.54. The number of aliphatic carboxylic acids is 1. The van der Waals surface area contributed by atoms with Gasteiger partial charge in [0.25, 0.3) is 0 Å². The largest absolute Gasteiger partial charge is 0.480 e. The van der Waals surface area contributed by atoms with Crippen LogP contribution in [0, 0.1) is 10.8 Å². The first kappa shape index (κ1) is 17.8. The molecule has 6 nitrogen and oxygen atoms in total. The first-order valence-electron chi connectivity index (χ1n) is 7.45. The third kappa shape index (κ3) is 5.91. The van der Waals surface area contributed by atoms with E-state index in [-0.39, 0.29) is 29.9 Å². The molecule has 1 aliphatic carbocycles. The summed E-state index contributed by atoms with van der Waals surface area (Å²) in [5, 5.41) is 23.1. The lowest BCUT2D eigenvalue weighted by molar-refractivity contribution is -0.139. The summed E-state index contributed by atoms with van der Waals surface area (Å²) in [6.07, 6.45) is 2.86. The van der Waals surface area contributed by atoms with Crippen molar-refractivity contribution in [1.29, 1.82) is 0 Å². The molecule has 0 saturated heterocycles. The second kappa shape index (κ2) is 6.64. The number of aliphatic hydroxyl groups is 1. The molecule has 1 aliphatic rings. The topological polar surface area (TPSA) is 98.7 Å². The SMILES string of the molecule is CC1(C)CC(NC(=O)NC(CCO)C(=O)O)CC(C)(C)C1. The Morgan fingerprint density at radius 1 is 1.19 bits per heavy atom. The van der Waals surface area contributed by atoms with Crippen LogP contribution in [0.2, 0.25) is 0 Å². The molecule has 2 amide bonds. The number of hydrogen-bond donors (Lipinski definition) is 4. The summed E-state index contributed by atoms with van der Waals surface area (Å²) >= 11 is 0. The Labute approximate surface area is 126 Å². The zero-order chi connectivity index (χ0) is 16.3. The summed E-state index contributed by atoms with van der Waals surface area (Å²) < 4.78 is 0. The smallest absolute Gasteiger partial charge is 0.326 e. The van der Waals surface area contributed by atoms with Crippen LogP contribution in [-0.2, 0) is 4.79 Å². The minimum Gasteiger partial charge on any atom is -0.480 e. The Kier molecular flexibility index (Phi) is 5.61. The second-order valence-corrected chi connectivity index (χ2v) is 7.63. The number of urea groups is 1. The van der Waals surface area contributed by atoms with Gasteiger partial charge in [0, 0.05) is 19.1 Å². The molecular weight excluding hydrogens is 272 g/mol. The lowest BCUT2D eigenvalue weighted by Gasteiger charge is -2.45. The molecule has 0 aromatic rings. The number of hydrogen-bond acceptors (Lipinski definition) is 3. The standard InChI is InChI=1S/C15H28N2O4/c1-14(2)7-10(8-15(3,4)9-14)16-13(21)17-11(5-6-18)12(19)20/h10-11,18H,5-9H2,1-4H3,(H,19,20)(H2,16,17,21).